The summed E-state index contributed by atoms with van der Waals surface area (Å²) in [5.74, 6) is -1.47. The van der Waals surface area contributed by atoms with E-state index in [0.717, 1.165) is 18.5 Å². The van der Waals surface area contributed by atoms with Crippen LogP contribution in [0.4, 0.5) is 0 Å². The van der Waals surface area contributed by atoms with Crippen molar-refractivity contribution < 1.29 is 10.2 Å². The second-order valence-electron chi connectivity index (χ2n) is 5.46. The Morgan fingerprint density at radius 1 is 1.38 bits per heavy atom. The molecule has 0 atom stereocenters. The summed E-state index contributed by atoms with van der Waals surface area (Å²) in [4.78, 5) is 0. The Labute approximate surface area is 95.9 Å². The molecule has 4 heteroatoms. The second-order valence-corrected chi connectivity index (χ2v) is 5.46. The van der Waals surface area contributed by atoms with Crippen LogP contribution in [0.1, 0.15) is 38.1 Å². The Balaban J connectivity index is 2.37. The maximum Gasteiger partial charge on any atom is 0.214 e. The lowest BCUT2D eigenvalue weighted by atomic mass is 9.77. The molecule has 0 aromatic carbocycles. The molecule has 1 aliphatic carbocycles. The lowest BCUT2D eigenvalue weighted by Crippen LogP contribution is -2.43. The molecule has 4 nitrogen and oxygen atoms in total. The highest BCUT2D eigenvalue weighted by Gasteiger charge is 2.53. The lowest BCUT2D eigenvalue weighted by Gasteiger charge is -2.37. The van der Waals surface area contributed by atoms with Crippen LogP contribution in [0.25, 0.3) is 0 Å². The molecule has 1 aliphatic rings. The van der Waals surface area contributed by atoms with Gasteiger partial charge in [-0.25, -0.2) is 0 Å². The van der Waals surface area contributed by atoms with Gasteiger partial charge in [-0.15, -0.1) is 0 Å². The molecule has 0 unspecified atom stereocenters. The summed E-state index contributed by atoms with van der Waals surface area (Å²) in [6.45, 7) is 5.69. The lowest BCUT2D eigenvalue weighted by molar-refractivity contribution is -0.253. The summed E-state index contributed by atoms with van der Waals surface area (Å²) >= 11 is 0. The van der Waals surface area contributed by atoms with Crippen molar-refractivity contribution in [2.45, 2.75) is 39.4 Å². The first-order valence-electron chi connectivity index (χ1n) is 5.72. The predicted molar refractivity (Wildman–Crippen MR) is 60.6 cm³/mol. The average Bonchev–Trinajstić information content (AvgIpc) is 2.95. The molecule has 1 fully saturated rings. The van der Waals surface area contributed by atoms with Crippen LogP contribution < -0.4 is 0 Å². The third kappa shape index (κ3) is 1.57. The minimum atomic E-state index is -1.85. The van der Waals surface area contributed by atoms with Crippen LogP contribution in [0.15, 0.2) is 6.07 Å². The number of aromatic nitrogens is 2. The zero-order valence-electron chi connectivity index (χ0n) is 10.4. The van der Waals surface area contributed by atoms with Gasteiger partial charge in [0.05, 0.1) is 0 Å². The van der Waals surface area contributed by atoms with Crippen molar-refractivity contribution >= 4 is 0 Å². The fourth-order valence-electron chi connectivity index (χ4n) is 2.15. The van der Waals surface area contributed by atoms with E-state index in [0.29, 0.717) is 11.6 Å². The highest BCUT2D eigenvalue weighted by Crippen LogP contribution is 2.53. The van der Waals surface area contributed by atoms with Gasteiger partial charge in [0.25, 0.3) is 0 Å². The Hall–Kier alpha value is -0.870. The minimum absolute atomic E-state index is 0.351. The monoisotopic (exact) mass is 224 g/mol. The maximum absolute atomic E-state index is 10.3. The van der Waals surface area contributed by atoms with Crippen LogP contribution in [0.3, 0.4) is 0 Å². The van der Waals surface area contributed by atoms with Gasteiger partial charge in [-0.3, -0.25) is 4.68 Å². The van der Waals surface area contributed by atoms with Crippen molar-refractivity contribution in [3.8, 4) is 0 Å². The van der Waals surface area contributed by atoms with E-state index in [-0.39, 0.29) is 0 Å². The standard InChI is InChI=1S/C12H20N2O2/c1-8-7-10(13-14(8)4)12(15,16)11(2,3)9-5-6-9/h7,9,15-16H,5-6H2,1-4H3. The number of nitrogens with zero attached hydrogens (tertiary/aromatic N) is 2. The smallest absolute Gasteiger partial charge is 0.214 e. The summed E-state index contributed by atoms with van der Waals surface area (Å²) in [5.41, 5.74) is 0.729. The summed E-state index contributed by atoms with van der Waals surface area (Å²) in [7, 11) is 1.80. The first kappa shape index (κ1) is 11.6. The molecule has 0 amide bonds. The number of hydrogen-bond acceptors (Lipinski definition) is 3. The third-order valence-corrected chi connectivity index (χ3v) is 3.97. The molecule has 0 radical (unpaired) electrons. The zero-order chi connectivity index (χ0) is 12.1. The topological polar surface area (TPSA) is 58.3 Å². The van der Waals surface area contributed by atoms with Gasteiger partial charge in [-0.05, 0) is 31.7 Å². The van der Waals surface area contributed by atoms with Gasteiger partial charge in [0.15, 0.2) is 0 Å². The fraction of sp³-hybridized carbons (Fsp3) is 0.750. The van der Waals surface area contributed by atoms with Crippen LogP contribution in [0.2, 0.25) is 0 Å². The molecular formula is C12H20N2O2. The molecule has 1 aromatic heterocycles. The molecule has 1 aromatic rings. The van der Waals surface area contributed by atoms with E-state index in [4.69, 9.17) is 0 Å². The van der Waals surface area contributed by atoms with Gasteiger partial charge >= 0.3 is 0 Å². The molecule has 2 rings (SSSR count). The van der Waals surface area contributed by atoms with E-state index in [9.17, 15) is 10.2 Å². The zero-order valence-corrected chi connectivity index (χ0v) is 10.4. The van der Waals surface area contributed by atoms with Gasteiger partial charge in [0, 0.05) is 18.2 Å². The Morgan fingerprint density at radius 3 is 2.31 bits per heavy atom. The minimum Gasteiger partial charge on any atom is -0.360 e. The van der Waals surface area contributed by atoms with E-state index in [1.54, 1.807) is 17.8 Å². The Morgan fingerprint density at radius 2 is 1.94 bits per heavy atom. The van der Waals surface area contributed by atoms with Crippen molar-refractivity contribution in [2.24, 2.45) is 18.4 Å². The van der Waals surface area contributed by atoms with Gasteiger partial charge < -0.3 is 10.2 Å². The molecule has 1 saturated carbocycles. The average molecular weight is 224 g/mol. The van der Waals surface area contributed by atoms with Crippen molar-refractivity contribution in [3.63, 3.8) is 0 Å². The highest BCUT2D eigenvalue weighted by atomic mass is 16.5. The predicted octanol–water partition coefficient (Wildman–Crippen LogP) is 1.30. The van der Waals surface area contributed by atoms with Crippen molar-refractivity contribution in [1.29, 1.82) is 0 Å². The van der Waals surface area contributed by atoms with Gasteiger partial charge in [-0.1, -0.05) is 13.8 Å². The van der Waals surface area contributed by atoms with Gasteiger partial charge in [0.1, 0.15) is 5.69 Å². The van der Waals surface area contributed by atoms with Gasteiger partial charge in [0.2, 0.25) is 5.79 Å². The highest BCUT2D eigenvalue weighted by molar-refractivity contribution is 5.17. The quantitative estimate of drug-likeness (QED) is 0.761. The molecule has 0 spiro atoms. The number of aryl methyl sites for hydroxylation is 2. The third-order valence-electron chi connectivity index (χ3n) is 3.97. The van der Waals surface area contributed by atoms with E-state index < -0.39 is 11.2 Å². The molecule has 0 bridgehead atoms. The van der Waals surface area contributed by atoms with Crippen molar-refractivity contribution in [3.05, 3.63) is 17.5 Å². The van der Waals surface area contributed by atoms with Crippen LogP contribution in [0.5, 0.6) is 0 Å². The maximum atomic E-state index is 10.3. The number of aliphatic hydroxyl groups is 2. The molecule has 1 heterocycles. The van der Waals surface area contributed by atoms with Crippen molar-refractivity contribution in [2.75, 3.05) is 0 Å². The molecule has 90 valence electrons. The van der Waals surface area contributed by atoms with Crippen LogP contribution >= 0.6 is 0 Å². The SMILES string of the molecule is Cc1cc(C(O)(O)C(C)(C)C2CC2)nn1C. The summed E-state index contributed by atoms with van der Waals surface area (Å²) in [5, 5.41) is 24.9. The molecule has 0 aliphatic heterocycles. The van der Waals surface area contributed by atoms with Crippen LogP contribution in [0, 0.1) is 18.3 Å². The summed E-state index contributed by atoms with van der Waals surface area (Å²) in [6.07, 6.45) is 2.14. The molecular weight excluding hydrogens is 204 g/mol. The molecule has 0 saturated heterocycles. The first-order valence-corrected chi connectivity index (χ1v) is 5.72. The number of rotatable bonds is 3. The number of hydrogen-bond donors (Lipinski definition) is 2. The Bertz CT molecular complexity index is 384. The Kier molecular flexibility index (Phi) is 2.40. The van der Waals surface area contributed by atoms with Gasteiger partial charge in [-0.2, -0.15) is 5.10 Å². The van der Waals surface area contributed by atoms with Crippen LogP contribution in [-0.4, -0.2) is 20.0 Å². The summed E-state index contributed by atoms with van der Waals surface area (Å²) < 4.78 is 1.67. The normalized spacial score (nSPS) is 17.9. The van der Waals surface area contributed by atoms with E-state index in [1.165, 1.54) is 0 Å². The second kappa shape index (κ2) is 3.31. The first-order chi connectivity index (χ1) is 7.26. The molecule has 2 N–H and O–H groups in total. The largest absolute Gasteiger partial charge is 0.360 e. The van der Waals surface area contributed by atoms with Crippen molar-refractivity contribution in [1.82, 2.24) is 9.78 Å². The summed E-state index contributed by atoms with van der Waals surface area (Å²) in [6, 6.07) is 1.74. The molecule has 16 heavy (non-hydrogen) atoms. The van der Waals surface area contributed by atoms with E-state index >= 15 is 0 Å². The fourth-order valence-corrected chi connectivity index (χ4v) is 2.15. The van der Waals surface area contributed by atoms with E-state index in [1.807, 2.05) is 20.8 Å². The van der Waals surface area contributed by atoms with Crippen LogP contribution in [-0.2, 0) is 12.8 Å². The van der Waals surface area contributed by atoms with E-state index in [2.05, 4.69) is 5.10 Å².